The van der Waals surface area contributed by atoms with Crippen LogP contribution in [0.1, 0.15) is 29.9 Å². The van der Waals surface area contributed by atoms with Crippen LogP contribution in [0.4, 0.5) is 0 Å². The van der Waals surface area contributed by atoms with Crippen LogP contribution in [0.5, 0.6) is 0 Å². The Morgan fingerprint density at radius 3 is 2.50 bits per heavy atom. The van der Waals surface area contributed by atoms with Crippen molar-refractivity contribution in [1.82, 2.24) is 5.16 Å². The standard InChI is InChI=1S/C8H12N2O2/c1-4(8(9)11)7-5(2)10-12-6(7)3/h4H,1-3H3,(H2,9,11). The second kappa shape index (κ2) is 2.97. The summed E-state index contributed by atoms with van der Waals surface area (Å²) >= 11 is 0. The summed E-state index contributed by atoms with van der Waals surface area (Å²) in [5.74, 6) is -0.0144. The quantitative estimate of drug-likeness (QED) is 0.712. The molecule has 0 spiro atoms. The highest BCUT2D eigenvalue weighted by molar-refractivity contribution is 5.81. The van der Waals surface area contributed by atoms with Gasteiger partial charge in [0.2, 0.25) is 5.91 Å². The highest BCUT2D eigenvalue weighted by atomic mass is 16.5. The van der Waals surface area contributed by atoms with Crippen molar-refractivity contribution in [2.45, 2.75) is 26.7 Å². The summed E-state index contributed by atoms with van der Waals surface area (Å²) in [4.78, 5) is 10.9. The average Bonchev–Trinajstić information content (AvgIpc) is 2.30. The zero-order chi connectivity index (χ0) is 9.30. The Bertz CT molecular complexity index is 285. The number of aryl methyl sites for hydroxylation is 2. The molecule has 0 saturated heterocycles. The van der Waals surface area contributed by atoms with Crippen molar-refractivity contribution in [2.75, 3.05) is 0 Å². The van der Waals surface area contributed by atoms with Gasteiger partial charge in [0, 0.05) is 5.56 Å². The fourth-order valence-corrected chi connectivity index (χ4v) is 1.25. The maximum atomic E-state index is 10.9. The maximum Gasteiger partial charge on any atom is 0.224 e. The monoisotopic (exact) mass is 168 g/mol. The Kier molecular flexibility index (Phi) is 2.17. The van der Waals surface area contributed by atoms with E-state index in [4.69, 9.17) is 10.3 Å². The van der Waals surface area contributed by atoms with Gasteiger partial charge in [0.25, 0.3) is 0 Å². The van der Waals surface area contributed by atoms with Crippen LogP contribution < -0.4 is 5.73 Å². The number of rotatable bonds is 2. The number of carbonyl (C=O) groups is 1. The van der Waals surface area contributed by atoms with E-state index in [1.807, 2.05) is 0 Å². The molecule has 66 valence electrons. The smallest absolute Gasteiger partial charge is 0.224 e. The van der Waals surface area contributed by atoms with Gasteiger partial charge in [0.15, 0.2) is 0 Å². The fraction of sp³-hybridized carbons (Fsp3) is 0.500. The van der Waals surface area contributed by atoms with Gasteiger partial charge in [-0.3, -0.25) is 4.79 Å². The van der Waals surface area contributed by atoms with E-state index in [0.717, 1.165) is 11.3 Å². The maximum absolute atomic E-state index is 10.9. The van der Waals surface area contributed by atoms with E-state index in [9.17, 15) is 4.79 Å². The van der Waals surface area contributed by atoms with Crippen LogP contribution >= 0.6 is 0 Å². The molecule has 1 atom stereocenters. The molecule has 1 unspecified atom stereocenters. The molecule has 1 aromatic heterocycles. The fourth-order valence-electron chi connectivity index (χ4n) is 1.25. The molecule has 12 heavy (non-hydrogen) atoms. The minimum absolute atomic E-state index is 0.323. The first-order valence-electron chi connectivity index (χ1n) is 3.76. The highest BCUT2D eigenvalue weighted by Crippen LogP contribution is 2.22. The second-order valence-electron chi connectivity index (χ2n) is 2.86. The Balaban J connectivity index is 3.08. The zero-order valence-corrected chi connectivity index (χ0v) is 7.42. The van der Waals surface area contributed by atoms with Gasteiger partial charge in [-0.05, 0) is 20.8 Å². The number of hydrogen-bond donors (Lipinski definition) is 1. The SMILES string of the molecule is Cc1noc(C)c1C(C)C(N)=O. The van der Waals surface area contributed by atoms with E-state index >= 15 is 0 Å². The molecule has 0 aliphatic rings. The number of nitrogens with zero attached hydrogens (tertiary/aromatic N) is 1. The molecule has 4 nitrogen and oxygen atoms in total. The predicted octanol–water partition coefficient (Wildman–Crippen LogP) is 0.880. The lowest BCUT2D eigenvalue weighted by Crippen LogP contribution is -2.19. The van der Waals surface area contributed by atoms with Gasteiger partial charge in [-0.25, -0.2) is 0 Å². The van der Waals surface area contributed by atoms with E-state index in [2.05, 4.69) is 5.16 Å². The van der Waals surface area contributed by atoms with Crippen LogP contribution in [0.25, 0.3) is 0 Å². The Hall–Kier alpha value is -1.32. The van der Waals surface area contributed by atoms with Crippen LogP contribution in [-0.4, -0.2) is 11.1 Å². The molecule has 2 N–H and O–H groups in total. The number of hydrogen-bond acceptors (Lipinski definition) is 3. The summed E-state index contributed by atoms with van der Waals surface area (Å²) in [5, 5.41) is 3.74. The summed E-state index contributed by atoms with van der Waals surface area (Å²) in [6.45, 7) is 5.31. The number of aromatic nitrogens is 1. The van der Waals surface area contributed by atoms with Crippen molar-refractivity contribution in [3.63, 3.8) is 0 Å². The highest BCUT2D eigenvalue weighted by Gasteiger charge is 2.20. The van der Waals surface area contributed by atoms with Crippen molar-refractivity contribution in [2.24, 2.45) is 5.73 Å². The van der Waals surface area contributed by atoms with Gasteiger partial charge >= 0.3 is 0 Å². The topological polar surface area (TPSA) is 69.1 Å². The molecule has 0 bridgehead atoms. The molecule has 0 radical (unpaired) electrons. The minimum atomic E-state index is -0.357. The van der Waals surface area contributed by atoms with E-state index in [0.29, 0.717) is 5.76 Å². The van der Waals surface area contributed by atoms with Gasteiger partial charge in [0.05, 0.1) is 11.6 Å². The summed E-state index contributed by atoms with van der Waals surface area (Å²) in [7, 11) is 0. The lowest BCUT2D eigenvalue weighted by molar-refractivity contribution is -0.119. The third kappa shape index (κ3) is 1.32. The van der Waals surface area contributed by atoms with Crippen LogP contribution in [0.3, 0.4) is 0 Å². The van der Waals surface area contributed by atoms with Gasteiger partial charge in [-0.15, -0.1) is 0 Å². The molecule has 0 aromatic carbocycles. The molecule has 0 aliphatic carbocycles. The Morgan fingerprint density at radius 1 is 1.58 bits per heavy atom. The molecule has 4 heteroatoms. The lowest BCUT2D eigenvalue weighted by Gasteiger charge is -2.04. The third-order valence-electron chi connectivity index (χ3n) is 1.95. The number of amides is 1. The Labute approximate surface area is 70.7 Å². The van der Waals surface area contributed by atoms with Crippen LogP contribution in [0, 0.1) is 13.8 Å². The third-order valence-corrected chi connectivity index (χ3v) is 1.95. The van der Waals surface area contributed by atoms with E-state index in [1.165, 1.54) is 0 Å². The summed E-state index contributed by atoms with van der Waals surface area (Å²) in [6, 6.07) is 0. The van der Waals surface area contributed by atoms with Gasteiger partial charge in [-0.2, -0.15) is 0 Å². The molecule has 1 heterocycles. The molecule has 0 saturated carbocycles. The Morgan fingerprint density at radius 2 is 2.17 bits per heavy atom. The molecular weight excluding hydrogens is 156 g/mol. The first-order chi connectivity index (χ1) is 5.54. The second-order valence-corrected chi connectivity index (χ2v) is 2.86. The van der Waals surface area contributed by atoms with Gasteiger partial charge in [0.1, 0.15) is 5.76 Å². The van der Waals surface area contributed by atoms with Crippen LogP contribution in [0.15, 0.2) is 4.52 Å². The zero-order valence-electron chi connectivity index (χ0n) is 7.42. The molecule has 1 rings (SSSR count). The van der Waals surface area contributed by atoms with Crippen molar-refractivity contribution in [3.05, 3.63) is 17.0 Å². The minimum Gasteiger partial charge on any atom is -0.369 e. The lowest BCUT2D eigenvalue weighted by atomic mass is 9.99. The summed E-state index contributed by atoms with van der Waals surface area (Å²) in [6.07, 6.45) is 0. The van der Waals surface area contributed by atoms with Crippen molar-refractivity contribution in [1.29, 1.82) is 0 Å². The van der Waals surface area contributed by atoms with E-state index in [1.54, 1.807) is 20.8 Å². The van der Waals surface area contributed by atoms with Crippen LogP contribution in [0.2, 0.25) is 0 Å². The largest absolute Gasteiger partial charge is 0.369 e. The van der Waals surface area contributed by atoms with E-state index in [-0.39, 0.29) is 11.8 Å². The number of nitrogens with two attached hydrogens (primary N) is 1. The average molecular weight is 168 g/mol. The molecule has 1 amide bonds. The summed E-state index contributed by atoms with van der Waals surface area (Å²) < 4.78 is 4.91. The number of primary amides is 1. The molecule has 1 aromatic rings. The van der Waals surface area contributed by atoms with Gasteiger partial charge < -0.3 is 10.3 Å². The molecular formula is C8H12N2O2. The van der Waals surface area contributed by atoms with Crippen molar-refractivity contribution >= 4 is 5.91 Å². The normalized spacial score (nSPS) is 12.9. The summed E-state index contributed by atoms with van der Waals surface area (Å²) in [5.41, 5.74) is 6.70. The molecule has 0 fully saturated rings. The van der Waals surface area contributed by atoms with Gasteiger partial charge in [-0.1, -0.05) is 5.16 Å². The van der Waals surface area contributed by atoms with Crippen LogP contribution in [-0.2, 0) is 4.79 Å². The first-order valence-corrected chi connectivity index (χ1v) is 3.76. The van der Waals surface area contributed by atoms with E-state index < -0.39 is 0 Å². The molecule has 0 aliphatic heterocycles. The first kappa shape index (κ1) is 8.77. The predicted molar refractivity (Wildman–Crippen MR) is 43.6 cm³/mol. The van der Waals surface area contributed by atoms with Crippen molar-refractivity contribution < 1.29 is 9.32 Å². The van der Waals surface area contributed by atoms with Crippen molar-refractivity contribution in [3.8, 4) is 0 Å². The number of carbonyl (C=O) groups excluding carboxylic acids is 1.